The van der Waals surface area contributed by atoms with E-state index in [2.05, 4.69) is 54.9 Å². The summed E-state index contributed by atoms with van der Waals surface area (Å²) in [4.78, 5) is 8.56. The molecule has 1 fully saturated rings. The molecule has 3 heteroatoms. The molecule has 3 nitrogen and oxygen atoms in total. The molecule has 1 unspecified atom stereocenters. The largest absolute Gasteiger partial charge is 0.383 e. The second-order valence-corrected chi connectivity index (χ2v) is 9.14. The van der Waals surface area contributed by atoms with E-state index in [1.54, 1.807) is 0 Å². The van der Waals surface area contributed by atoms with Crippen LogP contribution >= 0.6 is 0 Å². The highest BCUT2D eigenvalue weighted by Gasteiger charge is 2.28. The van der Waals surface area contributed by atoms with Gasteiger partial charge in [0.15, 0.2) is 0 Å². The average Bonchev–Trinajstić information content (AvgIpc) is 2.74. The number of nitrogens with zero attached hydrogens (tertiary/aromatic N) is 2. The summed E-state index contributed by atoms with van der Waals surface area (Å²) in [7, 11) is 0. The Morgan fingerprint density at radius 2 is 2.00 bits per heavy atom. The third-order valence-electron chi connectivity index (χ3n) is 7.07. The maximum Gasteiger partial charge on any atom is 0.0630 e. The Labute approximate surface area is 177 Å². The third-order valence-corrected chi connectivity index (χ3v) is 7.07. The molecule has 1 atom stereocenters. The molecule has 0 amide bonds. The van der Waals surface area contributed by atoms with E-state index in [0.717, 1.165) is 42.8 Å². The third kappa shape index (κ3) is 5.81. The van der Waals surface area contributed by atoms with Crippen LogP contribution in [-0.4, -0.2) is 18.2 Å². The first-order valence-electron chi connectivity index (χ1n) is 11.6. The molecule has 1 heterocycles. The summed E-state index contributed by atoms with van der Waals surface area (Å²) in [6.07, 6.45) is 17.7. The molecule has 0 radical (unpaired) electrons. The number of allylic oxidation sites excluding steroid dienone is 3. The van der Waals surface area contributed by atoms with Crippen LogP contribution in [0.3, 0.4) is 0 Å². The monoisotopic (exact) mass is 393 g/mol. The van der Waals surface area contributed by atoms with Crippen LogP contribution in [-0.2, 0) is 0 Å². The maximum absolute atomic E-state index is 4.29. The van der Waals surface area contributed by atoms with Crippen molar-refractivity contribution in [3.8, 4) is 0 Å². The molecular formula is C26H39N3. The molecule has 2 aliphatic rings. The number of hydrogen-bond donors (Lipinski definition) is 1. The summed E-state index contributed by atoms with van der Waals surface area (Å²) in [6, 6.07) is 2.24. The molecule has 0 saturated heterocycles. The van der Waals surface area contributed by atoms with E-state index in [1.807, 2.05) is 12.4 Å². The molecule has 1 aromatic rings. The van der Waals surface area contributed by atoms with Gasteiger partial charge in [0.25, 0.3) is 0 Å². The van der Waals surface area contributed by atoms with Crippen LogP contribution in [0.2, 0.25) is 0 Å². The van der Waals surface area contributed by atoms with Gasteiger partial charge in [-0.05, 0) is 107 Å². The van der Waals surface area contributed by atoms with Gasteiger partial charge in [-0.2, -0.15) is 0 Å². The number of unbranched alkanes of at least 4 members (excludes halogenated alkanes) is 1. The van der Waals surface area contributed by atoms with Gasteiger partial charge in [0.05, 0.1) is 11.4 Å². The molecule has 0 bridgehead atoms. The molecule has 2 aliphatic carbocycles. The Bertz CT molecular complexity index is 738. The van der Waals surface area contributed by atoms with Crippen molar-refractivity contribution in [3.05, 3.63) is 52.6 Å². The molecule has 3 rings (SSSR count). The van der Waals surface area contributed by atoms with Gasteiger partial charge in [-0.1, -0.05) is 25.3 Å². The minimum atomic E-state index is 0.720. The number of pyridine rings is 1. The molecule has 1 saturated carbocycles. The van der Waals surface area contributed by atoms with Crippen molar-refractivity contribution < 1.29 is 0 Å². The van der Waals surface area contributed by atoms with Gasteiger partial charge in [0.1, 0.15) is 0 Å². The number of hydrogen-bond acceptors (Lipinski definition) is 3. The van der Waals surface area contributed by atoms with Crippen LogP contribution in [0.15, 0.2) is 46.5 Å². The van der Waals surface area contributed by atoms with Crippen molar-refractivity contribution in [2.24, 2.45) is 16.8 Å². The summed E-state index contributed by atoms with van der Waals surface area (Å²) in [5, 5.41) is 3.77. The SMILES string of the molecule is C=NC1=C(NCC(CCCC)C2CCC(c3ccncc3C)CC2)C=C(C)CC1. The summed E-state index contributed by atoms with van der Waals surface area (Å²) < 4.78 is 0. The van der Waals surface area contributed by atoms with Crippen LogP contribution in [0.25, 0.3) is 0 Å². The van der Waals surface area contributed by atoms with Crippen LogP contribution in [0.5, 0.6) is 0 Å². The highest BCUT2D eigenvalue weighted by atomic mass is 14.9. The fraction of sp³-hybridized carbons (Fsp3) is 0.615. The van der Waals surface area contributed by atoms with Crippen LogP contribution in [0.4, 0.5) is 0 Å². The second-order valence-electron chi connectivity index (χ2n) is 9.14. The van der Waals surface area contributed by atoms with E-state index < -0.39 is 0 Å². The molecule has 158 valence electrons. The molecule has 1 N–H and O–H groups in total. The number of nitrogens with one attached hydrogen (secondary N) is 1. The highest BCUT2D eigenvalue weighted by Crippen LogP contribution is 2.40. The van der Waals surface area contributed by atoms with Gasteiger partial charge in [0, 0.05) is 18.9 Å². The predicted molar refractivity (Wildman–Crippen MR) is 124 cm³/mol. The van der Waals surface area contributed by atoms with Crippen LogP contribution in [0.1, 0.15) is 88.7 Å². The molecular weight excluding hydrogens is 354 g/mol. The summed E-state index contributed by atoms with van der Waals surface area (Å²) in [5.41, 5.74) is 6.68. The van der Waals surface area contributed by atoms with E-state index in [4.69, 9.17) is 0 Å². The Morgan fingerprint density at radius 3 is 2.69 bits per heavy atom. The van der Waals surface area contributed by atoms with Gasteiger partial charge in [-0.3, -0.25) is 9.98 Å². The van der Waals surface area contributed by atoms with Gasteiger partial charge in [0.2, 0.25) is 0 Å². The van der Waals surface area contributed by atoms with Gasteiger partial charge < -0.3 is 5.32 Å². The molecule has 29 heavy (non-hydrogen) atoms. The van der Waals surface area contributed by atoms with E-state index in [9.17, 15) is 0 Å². The first-order valence-corrected chi connectivity index (χ1v) is 11.6. The molecule has 0 aliphatic heterocycles. The normalized spacial score (nSPS) is 23.5. The quantitative estimate of drug-likeness (QED) is 0.473. The fourth-order valence-electron chi connectivity index (χ4n) is 5.23. The Balaban J connectivity index is 1.61. The van der Waals surface area contributed by atoms with E-state index in [0.29, 0.717) is 0 Å². The first-order chi connectivity index (χ1) is 14.1. The number of aliphatic imine (C=N–C) groups is 1. The smallest absolute Gasteiger partial charge is 0.0630 e. The lowest BCUT2D eigenvalue weighted by Gasteiger charge is -2.35. The number of aromatic nitrogens is 1. The first kappa shape index (κ1) is 21.8. The van der Waals surface area contributed by atoms with Crippen molar-refractivity contribution in [3.63, 3.8) is 0 Å². The topological polar surface area (TPSA) is 37.3 Å². The van der Waals surface area contributed by atoms with Gasteiger partial charge >= 0.3 is 0 Å². The van der Waals surface area contributed by atoms with Gasteiger partial charge in [-0.15, -0.1) is 0 Å². The van der Waals surface area contributed by atoms with Crippen molar-refractivity contribution in [2.45, 2.75) is 84.5 Å². The lowest BCUT2D eigenvalue weighted by atomic mass is 9.72. The van der Waals surface area contributed by atoms with E-state index in [1.165, 1.54) is 67.3 Å². The summed E-state index contributed by atoms with van der Waals surface area (Å²) >= 11 is 0. The Kier molecular flexibility index (Phi) is 8.09. The molecule has 0 spiro atoms. The minimum Gasteiger partial charge on any atom is -0.383 e. The fourth-order valence-corrected chi connectivity index (χ4v) is 5.23. The van der Waals surface area contributed by atoms with Crippen LogP contribution < -0.4 is 5.32 Å². The number of rotatable bonds is 9. The number of aryl methyl sites for hydroxylation is 1. The zero-order valence-electron chi connectivity index (χ0n) is 18.7. The van der Waals surface area contributed by atoms with Crippen molar-refractivity contribution >= 4 is 6.72 Å². The standard InChI is InChI=1S/C26H39N3/c1-5-6-7-23(18-29-26-16-19(2)8-13-25(26)27-4)21-9-11-22(12-10-21)24-14-15-28-17-20(24)3/h14-17,21-23,29H,4-13,18H2,1-3H3. The maximum atomic E-state index is 4.29. The van der Waals surface area contributed by atoms with Crippen LogP contribution in [0, 0.1) is 18.8 Å². The Hall–Kier alpha value is -1.90. The van der Waals surface area contributed by atoms with E-state index >= 15 is 0 Å². The zero-order valence-corrected chi connectivity index (χ0v) is 18.7. The lowest BCUT2D eigenvalue weighted by molar-refractivity contribution is 0.216. The highest BCUT2D eigenvalue weighted by molar-refractivity contribution is 5.37. The van der Waals surface area contributed by atoms with Crippen molar-refractivity contribution in [1.29, 1.82) is 0 Å². The van der Waals surface area contributed by atoms with Crippen molar-refractivity contribution in [2.75, 3.05) is 6.54 Å². The van der Waals surface area contributed by atoms with Gasteiger partial charge in [-0.25, -0.2) is 0 Å². The average molecular weight is 394 g/mol. The molecule has 1 aromatic heterocycles. The second kappa shape index (κ2) is 10.8. The minimum absolute atomic E-state index is 0.720. The lowest BCUT2D eigenvalue weighted by Crippen LogP contribution is -2.31. The predicted octanol–water partition coefficient (Wildman–Crippen LogP) is 6.71. The molecule has 0 aromatic carbocycles. The summed E-state index contributed by atoms with van der Waals surface area (Å²) in [6.45, 7) is 11.6. The summed E-state index contributed by atoms with van der Waals surface area (Å²) in [5.74, 6) is 2.31. The zero-order chi connectivity index (χ0) is 20.6. The Morgan fingerprint density at radius 1 is 1.21 bits per heavy atom. The van der Waals surface area contributed by atoms with E-state index in [-0.39, 0.29) is 0 Å². The van der Waals surface area contributed by atoms with Crippen molar-refractivity contribution in [1.82, 2.24) is 10.3 Å².